The van der Waals surface area contributed by atoms with E-state index >= 15 is 0 Å². The summed E-state index contributed by atoms with van der Waals surface area (Å²) in [5, 5.41) is 0. The number of hydrogen-bond donors (Lipinski definition) is 0. The average Bonchev–Trinajstić information content (AvgIpc) is 3.44. The third-order valence-corrected chi connectivity index (χ3v) is 14.7. The first kappa shape index (κ1) is 35.2. The second-order valence-electron chi connectivity index (χ2n) is 17.5. The SMILES string of the molecule is CC[C@H](CCCC(C)(C)OC(=O)c1ccccc1)[C@H]1CC[C@H]2C3CC[C@H]4C[C@@](CC)(OC(=O)c5ccccc5)CC[C@]4(C)[C@H]3CC[C@]12C. The van der Waals surface area contributed by atoms with E-state index in [1.807, 2.05) is 60.7 Å². The highest BCUT2D eigenvalue weighted by molar-refractivity contribution is 5.90. The zero-order valence-corrected chi connectivity index (χ0v) is 30.8. The normalized spacial score (nSPS) is 35.1. The van der Waals surface area contributed by atoms with E-state index < -0.39 is 5.60 Å². The Balaban J connectivity index is 1.07. The van der Waals surface area contributed by atoms with Crippen LogP contribution in [0.2, 0.25) is 0 Å². The van der Waals surface area contributed by atoms with E-state index in [0.29, 0.717) is 27.9 Å². The predicted molar refractivity (Wildman–Crippen MR) is 194 cm³/mol. The molecule has 0 aromatic heterocycles. The maximum Gasteiger partial charge on any atom is 0.338 e. The minimum absolute atomic E-state index is 0.151. The van der Waals surface area contributed by atoms with Gasteiger partial charge in [-0.1, -0.05) is 76.9 Å². The number of hydrogen-bond acceptors (Lipinski definition) is 4. The molecule has 0 amide bonds. The molecule has 0 aliphatic heterocycles. The summed E-state index contributed by atoms with van der Waals surface area (Å²) in [5.41, 5.74) is 1.30. The molecule has 9 atom stereocenters. The van der Waals surface area contributed by atoms with Crippen molar-refractivity contribution in [3.8, 4) is 0 Å². The zero-order valence-electron chi connectivity index (χ0n) is 30.8. The summed E-state index contributed by atoms with van der Waals surface area (Å²) in [6.07, 6.45) is 16.7. The first-order valence-electron chi connectivity index (χ1n) is 19.5. The van der Waals surface area contributed by atoms with Crippen molar-refractivity contribution < 1.29 is 19.1 Å². The van der Waals surface area contributed by atoms with E-state index in [2.05, 4.69) is 41.5 Å². The summed E-state index contributed by atoms with van der Waals surface area (Å²) in [6, 6.07) is 18.9. The lowest BCUT2D eigenvalue weighted by Gasteiger charge is -2.62. The molecule has 48 heavy (non-hydrogen) atoms. The van der Waals surface area contributed by atoms with Crippen LogP contribution in [0.4, 0.5) is 0 Å². The van der Waals surface area contributed by atoms with Gasteiger partial charge in [-0.2, -0.15) is 0 Å². The molecule has 6 rings (SSSR count). The standard InChI is InChI=1S/C44H62O4/c1-7-31(20-15-26-41(3,4)47-39(45)32-16-11-9-12-17-32)36-23-24-37-35-22-21-34-30-44(8-2,48-40(46)33-18-13-10-14-19-33)29-28-42(34,5)38(35)25-27-43(36,37)6/h9-14,16-19,31,34-38H,7-8,15,20-30H2,1-6H3/t31-,34+,35?,36-,37+,38+,42+,43-,44+/m1/s1. The van der Waals surface area contributed by atoms with Gasteiger partial charge in [0.15, 0.2) is 0 Å². The minimum Gasteiger partial charge on any atom is -0.456 e. The van der Waals surface area contributed by atoms with Gasteiger partial charge >= 0.3 is 11.9 Å². The molecule has 4 aliphatic carbocycles. The largest absolute Gasteiger partial charge is 0.456 e. The van der Waals surface area contributed by atoms with Crippen molar-refractivity contribution >= 4 is 11.9 Å². The molecule has 4 aliphatic rings. The second kappa shape index (κ2) is 13.9. The Morgan fingerprint density at radius 3 is 2.08 bits per heavy atom. The summed E-state index contributed by atoms with van der Waals surface area (Å²) < 4.78 is 12.4. The van der Waals surface area contributed by atoms with Gasteiger partial charge in [0.1, 0.15) is 11.2 Å². The highest BCUT2D eigenvalue weighted by Crippen LogP contribution is 2.69. The molecule has 4 saturated carbocycles. The van der Waals surface area contributed by atoms with Crippen molar-refractivity contribution in [1.29, 1.82) is 0 Å². The van der Waals surface area contributed by atoms with Crippen molar-refractivity contribution in [2.45, 2.75) is 143 Å². The van der Waals surface area contributed by atoms with Gasteiger partial charge in [0.2, 0.25) is 0 Å². The molecular formula is C44H62O4. The number of carbonyl (C=O) groups excluding carboxylic acids is 2. The molecule has 2 aromatic rings. The number of carbonyl (C=O) groups is 2. The summed E-state index contributed by atoms with van der Waals surface area (Å²) in [4.78, 5) is 25.9. The minimum atomic E-state index is -0.464. The first-order chi connectivity index (χ1) is 22.9. The van der Waals surface area contributed by atoms with Gasteiger partial charge in [0.25, 0.3) is 0 Å². The smallest absolute Gasteiger partial charge is 0.338 e. The zero-order chi connectivity index (χ0) is 34.2. The van der Waals surface area contributed by atoms with Gasteiger partial charge < -0.3 is 9.47 Å². The van der Waals surface area contributed by atoms with Gasteiger partial charge in [0.05, 0.1) is 11.1 Å². The van der Waals surface area contributed by atoms with Crippen molar-refractivity contribution in [2.24, 2.45) is 46.3 Å². The van der Waals surface area contributed by atoms with Crippen LogP contribution >= 0.6 is 0 Å². The molecule has 262 valence electrons. The fourth-order valence-corrected chi connectivity index (χ4v) is 11.9. The third-order valence-electron chi connectivity index (χ3n) is 14.7. The van der Waals surface area contributed by atoms with Crippen LogP contribution in [0.25, 0.3) is 0 Å². The summed E-state index contributed by atoms with van der Waals surface area (Å²) in [5.74, 6) is 4.28. The van der Waals surface area contributed by atoms with Crippen LogP contribution in [0, 0.1) is 46.3 Å². The Labute approximate surface area is 291 Å². The molecule has 0 bridgehead atoms. The average molecular weight is 655 g/mol. The Hall–Kier alpha value is -2.62. The van der Waals surface area contributed by atoms with Crippen molar-refractivity contribution in [3.05, 3.63) is 71.8 Å². The topological polar surface area (TPSA) is 52.6 Å². The number of fused-ring (bicyclic) bond motifs is 5. The van der Waals surface area contributed by atoms with Gasteiger partial charge in [-0.25, -0.2) is 9.59 Å². The van der Waals surface area contributed by atoms with Crippen LogP contribution < -0.4 is 0 Å². The molecule has 4 heteroatoms. The van der Waals surface area contributed by atoms with Gasteiger partial charge in [-0.15, -0.1) is 0 Å². The maximum atomic E-state index is 13.2. The lowest BCUT2D eigenvalue weighted by Crippen LogP contribution is -2.56. The van der Waals surface area contributed by atoms with Crippen LogP contribution in [0.3, 0.4) is 0 Å². The maximum absolute atomic E-state index is 13.2. The van der Waals surface area contributed by atoms with E-state index in [1.165, 1.54) is 57.8 Å². The molecule has 4 nitrogen and oxygen atoms in total. The lowest BCUT2D eigenvalue weighted by atomic mass is 9.43. The Kier molecular flexibility index (Phi) is 10.2. The third kappa shape index (κ3) is 6.76. The second-order valence-corrected chi connectivity index (χ2v) is 17.5. The van der Waals surface area contributed by atoms with Crippen molar-refractivity contribution in [1.82, 2.24) is 0 Å². The Bertz CT molecular complexity index is 1400. The summed E-state index contributed by atoms with van der Waals surface area (Å²) >= 11 is 0. The highest BCUT2D eigenvalue weighted by atomic mass is 16.6. The Morgan fingerprint density at radius 2 is 1.44 bits per heavy atom. The molecule has 4 fully saturated rings. The summed E-state index contributed by atoms with van der Waals surface area (Å²) in [7, 11) is 0. The predicted octanol–water partition coefficient (Wildman–Crippen LogP) is 11.5. The van der Waals surface area contributed by atoms with E-state index in [9.17, 15) is 9.59 Å². The lowest BCUT2D eigenvalue weighted by molar-refractivity contribution is -0.155. The van der Waals surface area contributed by atoms with Crippen LogP contribution in [0.15, 0.2) is 60.7 Å². The van der Waals surface area contributed by atoms with Gasteiger partial charge in [0, 0.05) is 0 Å². The molecule has 1 unspecified atom stereocenters. The molecule has 0 spiro atoms. The highest BCUT2D eigenvalue weighted by Gasteiger charge is 2.62. The molecule has 0 saturated heterocycles. The number of rotatable bonds is 11. The van der Waals surface area contributed by atoms with E-state index in [1.54, 1.807) is 0 Å². The number of esters is 2. The van der Waals surface area contributed by atoms with Crippen LogP contribution in [-0.2, 0) is 9.47 Å². The number of ether oxygens (including phenoxy) is 2. The first-order valence-corrected chi connectivity index (χ1v) is 19.5. The molecular weight excluding hydrogens is 592 g/mol. The summed E-state index contributed by atoms with van der Waals surface area (Å²) in [6.45, 7) is 14.1. The van der Waals surface area contributed by atoms with Crippen LogP contribution in [0.1, 0.15) is 152 Å². The quantitative estimate of drug-likeness (QED) is 0.226. The Morgan fingerprint density at radius 1 is 0.792 bits per heavy atom. The van der Waals surface area contributed by atoms with Crippen LogP contribution in [0.5, 0.6) is 0 Å². The molecule has 0 heterocycles. The monoisotopic (exact) mass is 654 g/mol. The van der Waals surface area contributed by atoms with Crippen LogP contribution in [-0.4, -0.2) is 23.1 Å². The van der Waals surface area contributed by atoms with Gasteiger partial charge in [-0.05, 0) is 162 Å². The fourth-order valence-electron chi connectivity index (χ4n) is 11.9. The van der Waals surface area contributed by atoms with Gasteiger partial charge in [-0.3, -0.25) is 0 Å². The number of benzene rings is 2. The van der Waals surface area contributed by atoms with E-state index in [-0.39, 0.29) is 17.5 Å². The van der Waals surface area contributed by atoms with E-state index in [4.69, 9.17) is 9.47 Å². The molecule has 0 radical (unpaired) electrons. The van der Waals surface area contributed by atoms with E-state index in [0.717, 1.165) is 61.7 Å². The fraction of sp³-hybridized carbons (Fsp3) is 0.682. The molecule has 0 N–H and O–H groups in total. The molecule has 2 aromatic carbocycles. The van der Waals surface area contributed by atoms with Crippen molar-refractivity contribution in [2.75, 3.05) is 0 Å². The van der Waals surface area contributed by atoms with Crippen molar-refractivity contribution in [3.63, 3.8) is 0 Å².